The predicted octanol–water partition coefficient (Wildman–Crippen LogP) is 3.07. The monoisotopic (exact) mass is 413 g/mol. The highest BCUT2D eigenvalue weighted by Gasteiger charge is 2.34. The third kappa shape index (κ3) is 3.42. The molecule has 3 aliphatic heterocycles. The van der Waals surface area contributed by atoms with Gasteiger partial charge in [-0.1, -0.05) is 6.07 Å². The van der Waals surface area contributed by atoms with Gasteiger partial charge in [-0.25, -0.2) is 0 Å². The number of aliphatic hydroxyl groups is 1. The zero-order valence-corrected chi connectivity index (χ0v) is 17.3. The first-order valence-corrected chi connectivity index (χ1v) is 10.4. The molecule has 5 rings (SSSR count). The van der Waals surface area contributed by atoms with Crippen LogP contribution in [0.25, 0.3) is 0 Å². The third-order valence-corrected chi connectivity index (χ3v) is 6.25. The highest BCUT2D eigenvalue weighted by molar-refractivity contribution is 5.61. The van der Waals surface area contributed by atoms with Crippen LogP contribution in [0.5, 0.6) is 28.7 Å². The van der Waals surface area contributed by atoms with Gasteiger partial charge >= 0.3 is 0 Å². The Morgan fingerprint density at radius 3 is 2.77 bits per heavy atom. The number of hydrogen-bond acceptors (Lipinski definition) is 7. The van der Waals surface area contributed by atoms with Crippen LogP contribution in [0.2, 0.25) is 0 Å². The van der Waals surface area contributed by atoms with E-state index in [0.29, 0.717) is 18.6 Å². The minimum Gasteiger partial charge on any atom is -0.492 e. The molecule has 0 unspecified atom stereocenters. The quantitative estimate of drug-likeness (QED) is 0.781. The van der Waals surface area contributed by atoms with E-state index in [0.717, 1.165) is 53.5 Å². The van der Waals surface area contributed by atoms with Crippen LogP contribution in [0, 0.1) is 0 Å². The van der Waals surface area contributed by atoms with Crippen molar-refractivity contribution in [2.24, 2.45) is 0 Å². The standard InChI is InChI=1S/C23H27NO6/c1-24-8-7-15-10-20-22(30-13-29-20)23(26-2)21(15)17(24)11-16(25)5-3-14-4-6-18-19(9-14)28-12-27-18/h4,6,9-10,16-17,25H,3,5,7-8,11-13H2,1-2H3/t16-,17-/m0/s1. The summed E-state index contributed by atoms with van der Waals surface area (Å²) in [5, 5.41) is 10.9. The molecule has 0 saturated carbocycles. The summed E-state index contributed by atoms with van der Waals surface area (Å²) >= 11 is 0. The summed E-state index contributed by atoms with van der Waals surface area (Å²) < 4.78 is 27.8. The Morgan fingerprint density at radius 2 is 1.90 bits per heavy atom. The fourth-order valence-corrected chi connectivity index (χ4v) is 4.63. The fraction of sp³-hybridized carbons (Fsp3) is 0.478. The van der Waals surface area contributed by atoms with Crippen molar-refractivity contribution in [2.45, 2.75) is 37.8 Å². The van der Waals surface area contributed by atoms with Crippen molar-refractivity contribution in [3.8, 4) is 28.7 Å². The lowest BCUT2D eigenvalue weighted by Crippen LogP contribution is -2.34. The Balaban J connectivity index is 1.32. The zero-order chi connectivity index (χ0) is 20.7. The largest absolute Gasteiger partial charge is 0.492 e. The van der Waals surface area contributed by atoms with E-state index in [1.807, 2.05) is 18.2 Å². The predicted molar refractivity (Wildman–Crippen MR) is 110 cm³/mol. The summed E-state index contributed by atoms with van der Waals surface area (Å²) in [6, 6.07) is 8.10. The van der Waals surface area contributed by atoms with E-state index in [4.69, 9.17) is 23.7 Å². The van der Waals surface area contributed by atoms with Gasteiger partial charge in [-0.2, -0.15) is 0 Å². The van der Waals surface area contributed by atoms with E-state index in [-0.39, 0.29) is 19.6 Å². The lowest BCUT2D eigenvalue weighted by atomic mass is 9.87. The SMILES string of the molecule is COc1c2c(cc3c1[C@H](C[C@@H](O)CCc1ccc4c(c1)OCO4)N(C)CC3)OCO2. The lowest BCUT2D eigenvalue weighted by molar-refractivity contribution is 0.101. The van der Waals surface area contributed by atoms with E-state index in [2.05, 4.69) is 18.0 Å². The highest BCUT2D eigenvalue weighted by atomic mass is 16.7. The molecular formula is C23H27NO6. The average Bonchev–Trinajstić information content (AvgIpc) is 3.41. The van der Waals surface area contributed by atoms with Gasteiger partial charge < -0.3 is 28.8 Å². The number of likely N-dealkylation sites (N-methyl/N-ethyl adjacent to an activating group) is 1. The summed E-state index contributed by atoms with van der Waals surface area (Å²) in [6.45, 7) is 1.41. The van der Waals surface area contributed by atoms with E-state index in [1.54, 1.807) is 7.11 Å². The number of benzene rings is 2. The second-order valence-electron chi connectivity index (χ2n) is 8.08. The van der Waals surface area contributed by atoms with E-state index >= 15 is 0 Å². The Morgan fingerprint density at radius 1 is 1.10 bits per heavy atom. The summed E-state index contributed by atoms with van der Waals surface area (Å²) in [6.07, 6.45) is 2.56. The van der Waals surface area contributed by atoms with Crippen LogP contribution in [-0.2, 0) is 12.8 Å². The summed E-state index contributed by atoms with van der Waals surface area (Å²) in [4.78, 5) is 2.29. The summed E-state index contributed by atoms with van der Waals surface area (Å²) in [7, 11) is 3.77. The van der Waals surface area contributed by atoms with E-state index in [9.17, 15) is 5.11 Å². The second-order valence-corrected chi connectivity index (χ2v) is 8.08. The number of aryl methyl sites for hydroxylation is 1. The molecule has 7 nitrogen and oxygen atoms in total. The van der Waals surface area contributed by atoms with Gasteiger partial charge in [0.2, 0.25) is 19.3 Å². The highest BCUT2D eigenvalue weighted by Crippen LogP contribution is 2.50. The van der Waals surface area contributed by atoms with Crippen molar-refractivity contribution in [3.63, 3.8) is 0 Å². The van der Waals surface area contributed by atoms with Crippen molar-refractivity contribution >= 4 is 0 Å². The van der Waals surface area contributed by atoms with Crippen LogP contribution >= 0.6 is 0 Å². The molecule has 0 bridgehead atoms. The van der Waals surface area contributed by atoms with Gasteiger partial charge in [0, 0.05) is 18.2 Å². The van der Waals surface area contributed by atoms with E-state index in [1.165, 1.54) is 5.56 Å². The number of hydrogen-bond donors (Lipinski definition) is 1. The molecule has 0 radical (unpaired) electrons. The molecule has 2 aromatic carbocycles. The molecule has 0 spiro atoms. The molecule has 30 heavy (non-hydrogen) atoms. The number of methoxy groups -OCH3 is 1. The molecule has 3 heterocycles. The molecule has 0 amide bonds. The first kappa shape index (κ1) is 19.3. The fourth-order valence-electron chi connectivity index (χ4n) is 4.63. The van der Waals surface area contributed by atoms with Gasteiger partial charge in [0.25, 0.3) is 0 Å². The molecule has 0 fully saturated rings. The minimum atomic E-state index is -0.441. The van der Waals surface area contributed by atoms with Crippen LogP contribution < -0.4 is 23.7 Å². The van der Waals surface area contributed by atoms with Crippen LogP contribution in [0.1, 0.15) is 35.6 Å². The maximum Gasteiger partial charge on any atom is 0.231 e. The molecular weight excluding hydrogens is 386 g/mol. The Hall–Kier alpha value is -2.64. The van der Waals surface area contributed by atoms with Crippen molar-refractivity contribution < 1.29 is 28.8 Å². The average molecular weight is 413 g/mol. The van der Waals surface area contributed by atoms with Crippen molar-refractivity contribution in [1.82, 2.24) is 4.90 Å². The maximum absolute atomic E-state index is 10.9. The summed E-state index contributed by atoms with van der Waals surface area (Å²) in [5.74, 6) is 3.72. The zero-order valence-electron chi connectivity index (χ0n) is 17.3. The minimum absolute atomic E-state index is 0.0601. The Bertz CT molecular complexity index is 946. The van der Waals surface area contributed by atoms with Crippen LogP contribution in [0.15, 0.2) is 24.3 Å². The van der Waals surface area contributed by atoms with Gasteiger partial charge in [-0.05, 0) is 62.1 Å². The first-order chi connectivity index (χ1) is 14.6. The number of aliphatic hydroxyl groups excluding tert-OH is 1. The smallest absolute Gasteiger partial charge is 0.231 e. The number of rotatable bonds is 6. The molecule has 160 valence electrons. The van der Waals surface area contributed by atoms with E-state index < -0.39 is 6.10 Å². The van der Waals surface area contributed by atoms with Crippen molar-refractivity contribution in [2.75, 3.05) is 34.3 Å². The topological polar surface area (TPSA) is 69.6 Å². The second kappa shape index (κ2) is 7.89. The van der Waals surface area contributed by atoms with Gasteiger partial charge in [-0.3, -0.25) is 4.90 Å². The van der Waals surface area contributed by atoms with Gasteiger partial charge in [0.05, 0.1) is 13.2 Å². The number of fused-ring (bicyclic) bond motifs is 3. The lowest BCUT2D eigenvalue weighted by Gasteiger charge is -2.37. The molecule has 1 N–H and O–H groups in total. The third-order valence-electron chi connectivity index (χ3n) is 6.25. The number of ether oxygens (including phenoxy) is 5. The van der Waals surface area contributed by atoms with Gasteiger partial charge in [0.1, 0.15) is 0 Å². The molecule has 0 aromatic heterocycles. The van der Waals surface area contributed by atoms with Crippen LogP contribution in [-0.4, -0.2) is 50.4 Å². The maximum atomic E-state index is 10.9. The van der Waals surface area contributed by atoms with Gasteiger partial charge in [0.15, 0.2) is 23.0 Å². The van der Waals surface area contributed by atoms with Crippen molar-refractivity contribution in [1.29, 1.82) is 0 Å². The molecule has 7 heteroatoms. The molecule has 2 aromatic rings. The molecule has 0 aliphatic carbocycles. The number of nitrogens with zero attached hydrogens (tertiary/aromatic N) is 1. The normalized spacial score (nSPS) is 20.2. The van der Waals surface area contributed by atoms with Crippen LogP contribution in [0.3, 0.4) is 0 Å². The van der Waals surface area contributed by atoms with Gasteiger partial charge in [-0.15, -0.1) is 0 Å². The molecule has 3 aliphatic rings. The Kier molecular flexibility index (Phi) is 5.08. The summed E-state index contributed by atoms with van der Waals surface area (Å²) in [5.41, 5.74) is 3.46. The first-order valence-electron chi connectivity index (χ1n) is 10.4. The molecule has 0 saturated heterocycles. The van der Waals surface area contributed by atoms with Crippen LogP contribution in [0.4, 0.5) is 0 Å². The molecule has 2 atom stereocenters. The van der Waals surface area contributed by atoms with Crippen molar-refractivity contribution in [3.05, 3.63) is 41.0 Å². The Labute approximate surface area is 176 Å².